The highest BCUT2D eigenvalue weighted by Crippen LogP contribution is 2.17. The van der Waals surface area contributed by atoms with Gasteiger partial charge >= 0.3 is 0 Å². The predicted octanol–water partition coefficient (Wildman–Crippen LogP) is 3.68. The molecule has 2 amide bonds. The number of benzene rings is 2. The Morgan fingerprint density at radius 3 is 2.30 bits per heavy atom. The number of hydrogen-bond acceptors (Lipinski definition) is 3. The van der Waals surface area contributed by atoms with Crippen LogP contribution in [0.4, 0.5) is 5.69 Å². The minimum Gasteiger partial charge on any atom is -0.347 e. The summed E-state index contributed by atoms with van der Waals surface area (Å²) >= 11 is 0. The molecular weight excluding hydrogens is 338 g/mol. The SMILES string of the molecule is CCN(C(=O)c1ccnc(C(=O)NCc2ccccc2)c1)c1ccccc1. The average Bonchev–Trinajstić information content (AvgIpc) is 2.74. The molecule has 0 aliphatic carbocycles. The lowest BCUT2D eigenvalue weighted by Crippen LogP contribution is -2.31. The quantitative estimate of drug-likeness (QED) is 0.730. The van der Waals surface area contributed by atoms with Crippen LogP contribution in [0.5, 0.6) is 0 Å². The van der Waals surface area contributed by atoms with Crippen LogP contribution in [0.25, 0.3) is 0 Å². The molecule has 0 aliphatic rings. The van der Waals surface area contributed by atoms with Gasteiger partial charge in [-0.05, 0) is 36.8 Å². The van der Waals surface area contributed by atoms with Crippen molar-refractivity contribution in [2.75, 3.05) is 11.4 Å². The van der Waals surface area contributed by atoms with E-state index >= 15 is 0 Å². The lowest BCUT2D eigenvalue weighted by Gasteiger charge is -2.21. The summed E-state index contributed by atoms with van der Waals surface area (Å²) in [7, 11) is 0. The highest BCUT2D eigenvalue weighted by atomic mass is 16.2. The van der Waals surface area contributed by atoms with Crippen LogP contribution in [-0.2, 0) is 6.54 Å². The van der Waals surface area contributed by atoms with Crippen molar-refractivity contribution in [3.8, 4) is 0 Å². The summed E-state index contributed by atoms with van der Waals surface area (Å²) in [6.07, 6.45) is 1.49. The molecule has 0 bridgehead atoms. The Kier molecular flexibility index (Phi) is 5.94. The zero-order chi connectivity index (χ0) is 19.1. The Hall–Kier alpha value is -3.47. The first-order valence-electron chi connectivity index (χ1n) is 8.84. The summed E-state index contributed by atoms with van der Waals surface area (Å²) in [6, 6.07) is 22.3. The fraction of sp³-hybridized carbons (Fsp3) is 0.136. The number of hydrogen-bond donors (Lipinski definition) is 1. The van der Waals surface area contributed by atoms with E-state index in [2.05, 4.69) is 10.3 Å². The maximum Gasteiger partial charge on any atom is 0.270 e. The molecule has 0 fully saturated rings. The number of amides is 2. The van der Waals surface area contributed by atoms with Crippen LogP contribution in [0, 0.1) is 0 Å². The van der Waals surface area contributed by atoms with E-state index in [1.54, 1.807) is 11.0 Å². The number of pyridine rings is 1. The molecule has 0 spiro atoms. The van der Waals surface area contributed by atoms with Gasteiger partial charge in [0.15, 0.2) is 0 Å². The number of rotatable bonds is 6. The Balaban J connectivity index is 1.74. The molecule has 0 saturated carbocycles. The summed E-state index contributed by atoms with van der Waals surface area (Å²) in [4.78, 5) is 31.1. The van der Waals surface area contributed by atoms with Crippen LogP contribution in [-0.4, -0.2) is 23.3 Å². The Morgan fingerprint density at radius 1 is 0.963 bits per heavy atom. The largest absolute Gasteiger partial charge is 0.347 e. The molecule has 27 heavy (non-hydrogen) atoms. The van der Waals surface area contributed by atoms with Crippen molar-refractivity contribution in [1.82, 2.24) is 10.3 Å². The van der Waals surface area contributed by atoms with Gasteiger partial charge in [-0.2, -0.15) is 0 Å². The Bertz CT molecular complexity index is 911. The molecule has 0 aliphatic heterocycles. The minimum absolute atomic E-state index is 0.164. The number of para-hydroxylation sites is 1. The highest BCUT2D eigenvalue weighted by molar-refractivity contribution is 6.07. The third-order valence-electron chi connectivity index (χ3n) is 4.16. The normalized spacial score (nSPS) is 10.3. The van der Waals surface area contributed by atoms with Gasteiger partial charge in [0.05, 0.1) is 0 Å². The summed E-state index contributed by atoms with van der Waals surface area (Å²) in [5.74, 6) is -0.473. The van der Waals surface area contributed by atoms with E-state index in [4.69, 9.17) is 0 Å². The minimum atomic E-state index is -0.309. The zero-order valence-corrected chi connectivity index (χ0v) is 15.1. The molecule has 0 saturated heterocycles. The molecule has 0 atom stereocenters. The van der Waals surface area contributed by atoms with Gasteiger partial charge in [0, 0.05) is 30.5 Å². The second-order valence-electron chi connectivity index (χ2n) is 5.98. The van der Waals surface area contributed by atoms with Crippen molar-refractivity contribution in [1.29, 1.82) is 0 Å². The predicted molar refractivity (Wildman–Crippen MR) is 106 cm³/mol. The van der Waals surface area contributed by atoms with E-state index in [1.165, 1.54) is 12.3 Å². The fourth-order valence-corrected chi connectivity index (χ4v) is 2.76. The summed E-state index contributed by atoms with van der Waals surface area (Å²) in [5.41, 5.74) is 2.47. The van der Waals surface area contributed by atoms with Crippen LogP contribution in [0.1, 0.15) is 33.3 Å². The fourth-order valence-electron chi connectivity index (χ4n) is 2.76. The Labute approximate surface area is 158 Å². The van der Waals surface area contributed by atoms with Crippen LogP contribution in [0.2, 0.25) is 0 Å². The molecule has 1 heterocycles. The first kappa shape index (κ1) is 18.3. The second kappa shape index (κ2) is 8.76. The van der Waals surface area contributed by atoms with Crippen molar-refractivity contribution < 1.29 is 9.59 Å². The van der Waals surface area contributed by atoms with Gasteiger partial charge in [-0.1, -0.05) is 48.5 Å². The molecular formula is C22H21N3O2. The van der Waals surface area contributed by atoms with Gasteiger partial charge in [0.2, 0.25) is 0 Å². The number of carbonyl (C=O) groups excluding carboxylic acids is 2. The van der Waals surface area contributed by atoms with E-state index in [-0.39, 0.29) is 17.5 Å². The third kappa shape index (κ3) is 4.58. The smallest absolute Gasteiger partial charge is 0.270 e. The number of anilines is 1. The van der Waals surface area contributed by atoms with Crippen LogP contribution < -0.4 is 10.2 Å². The lowest BCUT2D eigenvalue weighted by molar-refractivity contribution is 0.0946. The molecule has 3 rings (SSSR count). The van der Waals surface area contributed by atoms with Crippen molar-refractivity contribution >= 4 is 17.5 Å². The maximum atomic E-state index is 12.9. The van der Waals surface area contributed by atoms with Crippen LogP contribution in [0.3, 0.4) is 0 Å². The van der Waals surface area contributed by atoms with Gasteiger partial charge in [-0.25, -0.2) is 0 Å². The molecule has 3 aromatic rings. The number of nitrogens with zero attached hydrogens (tertiary/aromatic N) is 2. The highest BCUT2D eigenvalue weighted by Gasteiger charge is 2.18. The average molecular weight is 359 g/mol. The molecule has 5 heteroatoms. The number of nitrogens with one attached hydrogen (secondary N) is 1. The standard InChI is InChI=1S/C22H21N3O2/c1-2-25(19-11-7-4-8-12-19)22(27)18-13-14-23-20(15-18)21(26)24-16-17-9-5-3-6-10-17/h3-15H,2,16H2,1H3,(H,24,26). The van der Waals surface area contributed by atoms with E-state index in [0.29, 0.717) is 18.7 Å². The molecule has 1 N–H and O–H groups in total. The van der Waals surface area contributed by atoms with Gasteiger partial charge in [-0.15, -0.1) is 0 Å². The van der Waals surface area contributed by atoms with Gasteiger partial charge in [-0.3, -0.25) is 14.6 Å². The molecule has 0 unspecified atom stereocenters. The first-order chi connectivity index (χ1) is 13.2. The molecule has 2 aromatic carbocycles. The van der Waals surface area contributed by atoms with Gasteiger partial charge in [0.25, 0.3) is 11.8 Å². The van der Waals surface area contributed by atoms with E-state index in [0.717, 1.165) is 11.3 Å². The summed E-state index contributed by atoms with van der Waals surface area (Å²) < 4.78 is 0. The Morgan fingerprint density at radius 2 is 1.63 bits per heavy atom. The van der Waals surface area contributed by atoms with E-state index in [1.807, 2.05) is 67.6 Å². The monoisotopic (exact) mass is 359 g/mol. The van der Waals surface area contributed by atoms with Crippen molar-refractivity contribution in [3.63, 3.8) is 0 Å². The van der Waals surface area contributed by atoms with Gasteiger partial charge in [0.1, 0.15) is 5.69 Å². The number of aromatic nitrogens is 1. The molecule has 1 aromatic heterocycles. The summed E-state index contributed by atoms with van der Waals surface area (Å²) in [5, 5.41) is 2.83. The van der Waals surface area contributed by atoms with Crippen molar-refractivity contribution in [2.24, 2.45) is 0 Å². The maximum absolute atomic E-state index is 12.9. The molecule has 0 radical (unpaired) electrons. The van der Waals surface area contributed by atoms with Crippen molar-refractivity contribution in [3.05, 3.63) is 95.8 Å². The number of carbonyl (C=O) groups is 2. The van der Waals surface area contributed by atoms with Crippen molar-refractivity contribution in [2.45, 2.75) is 13.5 Å². The first-order valence-corrected chi connectivity index (χ1v) is 8.84. The molecule has 5 nitrogen and oxygen atoms in total. The van der Waals surface area contributed by atoms with Crippen LogP contribution >= 0.6 is 0 Å². The topological polar surface area (TPSA) is 62.3 Å². The van der Waals surface area contributed by atoms with E-state index < -0.39 is 0 Å². The third-order valence-corrected chi connectivity index (χ3v) is 4.16. The zero-order valence-electron chi connectivity index (χ0n) is 15.1. The van der Waals surface area contributed by atoms with Gasteiger partial charge < -0.3 is 10.2 Å². The second-order valence-corrected chi connectivity index (χ2v) is 5.98. The van der Waals surface area contributed by atoms with Crippen LogP contribution in [0.15, 0.2) is 79.0 Å². The van der Waals surface area contributed by atoms with E-state index in [9.17, 15) is 9.59 Å². The lowest BCUT2D eigenvalue weighted by atomic mass is 10.1. The molecule has 136 valence electrons. The summed E-state index contributed by atoms with van der Waals surface area (Å²) in [6.45, 7) is 2.85.